The molecule has 5 fully saturated rings. The number of hydrogen-bond donors (Lipinski definition) is 1. The maximum Gasteiger partial charge on any atom is 0.319 e. The summed E-state index contributed by atoms with van der Waals surface area (Å²) in [7, 11) is 0. The van der Waals surface area contributed by atoms with Crippen LogP contribution in [0.1, 0.15) is 86.6 Å². The maximum absolute atomic E-state index is 13.4. The molecule has 6 heterocycles. The second-order valence-electron chi connectivity index (χ2n) is 14.5. The van der Waals surface area contributed by atoms with E-state index >= 15 is 0 Å². The fourth-order valence-electron chi connectivity index (χ4n) is 8.96. The van der Waals surface area contributed by atoms with Crippen LogP contribution >= 0.6 is 0 Å². The van der Waals surface area contributed by atoms with Gasteiger partial charge in [-0.25, -0.2) is 4.79 Å². The molecule has 0 radical (unpaired) electrons. The Hall–Kier alpha value is -3.14. The standard InChI is InChI=1S/C35H50N6O4/c42-32-7-6-31(33(43)36-32)41-24-28-22-29(4-5-30(28)34(41)44)38-18-10-26(11-19-38)27-12-20-40(21-13-27)35(45)39-16-8-25(9-17-39)23-37-14-2-1-3-15-37/h4-5,22,25-27,31H,1-3,6-21,23-24H2,(H,36,42,43). The van der Waals surface area contributed by atoms with Gasteiger partial charge in [-0.1, -0.05) is 6.42 Å². The van der Waals surface area contributed by atoms with Gasteiger partial charge in [0, 0.05) is 70.0 Å². The van der Waals surface area contributed by atoms with Crippen LogP contribution in [0.4, 0.5) is 10.5 Å². The number of anilines is 1. The SMILES string of the molecule is O=C1CCC(N2Cc3cc(N4CCC(C5CCN(C(=O)N6CCC(CN7CCCCC7)CC6)CC5)CC4)ccc3C2=O)C(=O)N1. The van der Waals surface area contributed by atoms with Crippen molar-refractivity contribution in [2.75, 3.05) is 63.8 Å². The predicted molar refractivity (Wildman–Crippen MR) is 172 cm³/mol. The number of amides is 5. The molecule has 0 bridgehead atoms. The first-order valence-corrected chi connectivity index (χ1v) is 17.7. The highest BCUT2D eigenvalue weighted by Gasteiger charge is 2.40. The van der Waals surface area contributed by atoms with Crippen molar-refractivity contribution in [3.63, 3.8) is 0 Å². The molecular formula is C35H50N6O4. The number of imide groups is 1. The maximum atomic E-state index is 13.4. The summed E-state index contributed by atoms with van der Waals surface area (Å²) < 4.78 is 0. The zero-order chi connectivity index (χ0) is 30.9. The Kier molecular flexibility index (Phi) is 9.02. The van der Waals surface area contributed by atoms with Gasteiger partial charge in [0.1, 0.15) is 6.04 Å². The van der Waals surface area contributed by atoms with Gasteiger partial charge in [-0.2, -0.15) is 0 Å². The number of piperidine rings is 5. The third kappa shape index (κ3) is 6.58. The van der Waals surface area contributed by atoms with E-state index < -0.39 is 6.04 Å². The minimum absolute atomic E-state index is 0.119. The average molecular weight is 619 g/mol. The van der Waals surface area contributed by atoms with Gasteiger partial charge in [0.25, 0.3) is 5.91 Å². The molecular weight excluding hydrogens is 568 g/mol. The number of likely N-dealkylation sites (tertiary alicyclic amines) is 3. The molecule has 45 heavy (non-hydrogen) atoms. The van der Waals surface area contributed by atoms with Crippen LogP contribution < -0.4 is 10.2 Å². The van der Waals surface area contributed by atoms with Crippen LogP contribution in [-0.4, -0.2) is 108 Å². The molecule has 1 aromatic carbocycles. The summed E-state index contributed by atoms with van der Waals surface area (Å²) in [5.41, 5.74) is 2.78. The van der Waals surface area contributed by atoms with E-state index in [1.54, 1.807) is 4.90 Å². The van der Waals surface area contributed by atoms with E-state index in [0.717, 1.165) is 95.0 Å². The van der Waals surface area contributed by atoms with Crippen molar-refractivity contribution in [1.29, 1.82) is 0 Å². The molecule has 6 aliphatic heterocycles. The van der Waals surface area contributed by atoms with Crippen LogP contribution in [0.25, 0.3) is 0 Å². The van der Waals surface area contributed by atoms with Gasteiger partial charge in [-0.05, 0) is 112 Å². The van der Waals surface area contributed by atoms with Crippen LogP contribution in [0.5, 0.6) is 0 Å². The van der Waals surface area contributed by atoms with Gasteiger partial charge in [-0.15, -0.1) is 0 Å². The highest BCUT2D eigenvalue weighted by molar-refractivity contribution is 6.05. The lowest BCUT2D eigenvalue weighted by molar-refractivity contribution is -0.136. The van der Waals surface area contributed by atoms with Crippen molar-refractivity contribution in [3.8, 4) is 0 Å². The summed E-state index contributed by atoms with van der Waals surface area (Å²) in [6.07, 6.45) is 11.6. The van der Waals surface area contributed by atoms with E-state index in [-0.39, 0.29) is 30.2 Å². The van der Waals surface area contributed by atoms with Crippen LogP contribution in [0.15, 0.2) is 18.2 Å². The summed E-state index contributed by atoms with van der Waals surface area (Å²) in [5.74, 6) is 1.38. The summed E-state index contributed by atoms with van der Waals surface area (Å²) in [5, 5.41) is 2.38. The normalized spacial score (nSPS) is 26.4. The number of benzene rings is 1. The van der Waals surface area contributed by atoms with E-state index in [1.165, 1.54) is 38.9 Å². The first-order chi connectivity index (χ1) is 21.9. The van der Waals surface area contributed by atoms with E-state index in [1.807, 2.05) is 12.1 Å². The fourth-order valence-corrected chi connectivity index (χ4v) is 8.96. The molecule has 5 saturated heterocycles. The van der Waals surface area contributed by atoms with Gasteiger partial charge in [-0.3, -0.25) is 19.7 Å². The lowest BCUT2D eigenvalue weighted by Gasteiger charge is -2.43. The van der Waals surface area contributed by atoms with Gasteiger partial charge >= 0.3 is 6.03 Å². The first kappa shape index (κ1) is 30.5. The van der Waals surface area contributed by atoms with E-state index in [2.05, 4.69) is 31.0 Å². The van der Waals surface area contributed by atoms with Crippen LogP contribution in [0.2, 0.25) is 0 Å². The van der Waals surface area contributed by atoms with E-state index in [4.69, 9.17) is 0 Å². The predicted octanol–water partition coefficient (Wildman–Crippen LogP) is 3.69. The molecule has 0 aliphatic carbocycles. The van der Waals surface area contributed by atoms with Gasteiger partial charge in [0.15, 0.2) is 0 Å². The van der Waals surface area contributed by atoms with Crippen molar-refractivity contribution in [3.05, 3.63) is 29.3 Å². The van der Waals surface area contributed by atoms with Crippen LogP contribution in [0, 0.1) is 17.8 Å². The topological polar surface area (TPSA) is 96.5 Å². The van der Waals surface area contributed by atoms with Gasteiger partial charge < -0.3 is 24.5 Å². The molecule has 244 valence electrons. The quantitative estimate of drug-likeness (QED) is 0.506. The van der Waals surface area contributed by atoms with Crippen LogP contribution in [-0.2, 0) is 16.1 Å². The smallest absolute Gasteiger partial charge is 0.319 e. The summed E-state index contributed by atoms with van der Waals surface area (Å²) in [4.78, 5) is 61.4. The highest BCUT2D eigenvalue weighted by atomic mass is 16.2. The largest absolute Gasteiger partial charge is 0.372 e. The fraction of sp³-hybridized carbons (Fsp3) is 0.714. The molecule has 10 nitrogen and oxygen atoms in total. The minimum Gasteiger partial charge on any atom is -0.372 e. The Morgan fingerprint density at radius 2 is 1.40 bits per heavy atom. The lowest BCUT2D eigenvalue weighted by atomic mass is 9.78. The van der Waals surface area contributed by atoms with Gasteiger partial charge in [0.2, 0.25) is 11.8 Å². The Labute approximate surface area is 267 Å². The second-order valence-corrected chi connectivity index (χ2v) is 14.5. The second kappa shape index (κ2) is 13.3. The Balaban J connectivity index is 0.850. The third-order valence-corrected chi connectivity index (χ3v) is 11.7. The molecule has 0 aromatic heterocycles. The number of carbonyl (C=O) groups is 4. The average Bonchev–Trinajstić information content (AvgIpc) is 3.40. The number of carbonyl (C=O) groups excluding carboxylic acids is 4. The molecule has 7 rings (SSSR count). The molecule has 1 aromatic rings. The summed E-state index contributed by atoms with van der Waals surface area (Å²) >= 11 is 0. The van der Waals surface area contributed by atoms with Crippen LogP contribution in [0.3, 0.4) is 0 Å². The van der Waals surface area contributed by atoms with Crippen molar-refractivity contribution in [2.45, 2.75) is 83.2 Å². The third-order valence-electron chi connectivity index (χ3n) is 11.7. The molecule has 6 aliphatic rings. The number of rotatable bonds is 5. The Morgan fingerprint density at radius 3 is 2.07 bits per heavy atom. The van der Waals surface area contributed by atoms with Crippen molar-refractivity contribution in [1.82, 2.24) is 24.9 Å². The molecule has 1 atom stereocenters. The minimum atomic E-state index is -0.579. The number of nitrogens with one attached hydrogen (secondary N) is 1. The zero-order valence-electron chi connectivity index (χ0n) is 26.8. The van der Waals surface area contributed by atoms with Crippen molar-refractivity contribution < 1.29 is 19.2 Å². The summed E-state index contributed by atoms with van der Waals surface area (Å²) in [6, 6.07) is 5.77. The molecule has 0 spiro atoms. The van der Waals surface area contributed by atoms with Gasteiger partial charge in [0.05, 0.1) is 0 Å². The Morgan fingerprint density at radius 1 is 0.756 bits per heavy atom. The van der Waals surface area contributed by atoms with E-state index in [9.17, 15) is 19.2 Å². The number of nitrogens with zero attached hydrogens (tertiary/aromatic N) is 5. The summed E-state index contributed by atoms with van der Waals surface area (Å²) in [6.45, 7) is 9.77. The van der Waals surface area contributed by atoms with E-state index in [0.29, 0.717) is 30.4 Å². The highest BCUT2D eigenvalue weighted by Crippen LogP contribution is 2.36. The molecule has 5 amide bonds. The first-order valence-electron chi connectivity index (χ1n) is 17.7. The molecule has 1 unspecified atom stereocenters. The zero-order valence-corrected chi connectivity index (χ0v) is 26.8. The van der Waals surface area contributed by atoms with Crippen molar-refractivity contribution >= 4 is 29.4 Å². The molecule has 0 saturated carbocycles. The Bertz CT molecular complexity index is 1270. The molecule has 1 N–H and O–H groups in total. The van der Waals surface area contributed by atoms with Crippen molar-refractivity contribution in [2.24, 2.45) is 17.8 Å². The molecule has 10 heteroatoms. The monoisotopic (exact) mass is 618 g/mol. The number of fused-ring (bicyclic) bond motifs is 1. The lowest BCUT2D eigenvalue weighted by Crippen LogP contribution is -2.52. The number of hydrogen-bond acceptors (Lipinski definition) is 6. The number of urea groups is 1.